The van der Waals surface area contributed by atoms with E-state index >= 15 is 0 Å². The topological polar surface area (TPSA) is 62.5 Å². The summed E-state index contributed by atoms with van der Waals surface area (Å²) in [6, 6.07) is 7.79. The summed E-state index contributed by atoms with van der Waals surface area (Å²) in [5.74, 6) is -0.421. The molecule has 0 bridgehead atoms. The van der Waals surface area contributed by atoms with Gasteiger partial charge in [-0.2, -0.15) is 0 Å². The number of aromatic carboxylic acids is 1. The highest BCUT2D eigenvalue weighted by atomic mass is 16.4. The average Bonchev–Trinajstić information content (AvgIpc) is 2.87. The third-order valence-corrected chi connectivity index (χ3v) is 3.92. The van der Waals surface area contributed by atoms with Crippen LogP contribution in [0.2, 0.25) is 0 Å². The van der Waals surface area contributed by atoms with Gasteiger partial charge in [0.1, 0.15) is 5.58 Å². The quantitative estimate of drug-likeness (QED) is 0.844. The minimum atomic E-state index is -1.04. The lowest BCUT2D eigenvalue weighted by molar-refractivity contribution is 0.0665. The minimum absolute atomic E-state index is 0.0157. The monoisotopic (exact) mass is 275 g/mol. The number of hydrogen-bond acceptors (Lipinski definition) is 3. The van der Waals surface area contributed by atoms with Crippen molar-refractivity contribution >= 4 is 16.9 Å². The summed E-state index contributed by atoms with van der Waals surface area (Å²) >= 11 is 0. The number of furan rings is 1. The minimum Gasteiger partial charge on any atom is -0.475 e. The lowest BCUT2D eigenvalue weighted by Gasteiger charge is -2.19. The molecule has 2 aromatic rings. The van der Waals surface area contributed by atoms with Crippen molar-refractivity contribution in [2.75, 3.05) is 0 Å². The fraction of sp³-hybridized carbons (Fsp3) is 0.438. The van der Waals surface area contributed by atoms with Crippen LogP contribution in [0.3, 0.4) is 0 Å². The number of carboxylic acid groups (broad SMARTS) is 1. The molecule has 2 unspecified atom stereocenters. The van der Waals surface area contributed by atoms with E-state index in [2.05, 4.69) is 26.1 Å². The highest BCUT2D eigenvalue weighted by Crippen LogP contribution is 2.21. The third kappa shape index (κ3) is 3.20. The molecule has 0 aliphatic carbocycles. The first-order valence-corrected chi connectivity index (χ1v) is 7.00. The van der Waals surface area contributed by atoms with Crippen LogP contribution in [0.15, 0.2) is 28.7 Å². The van der Waals surface area contributed by atoms with Gasteiger partial charge in [-0.3, -0.25) is 0 Å². The molecule has 2 rings (SSSR count). The van der Waals surface area contributed by atoms with Crippen molar-refractivity contribution in [2.45, 2.75) is 39.8 Å². The fourth-order valence-corrected chi connectivity index (χ4v) is 2.14. The van der Waals surface area contributed by atoms with E-state index in [1.54, 1.807) is 6.07 Å². The smallest absolute Gasteiger partial charge is 0.371 e. The van der Waals surface area contributed by atoms with Gasteiger partial charge < -0.3 is 14.8 Å². The van der Waals surface area contributed by atoms with Crippen molar-refractivity contribution in [2.24, 2.45) is 5.92 Å². The van der Waals surface area contributed by atoms with E-state index in [1.807, 2.05) is 18.2 Å². The van der Waals surface area contributed by atoms with Gasteiger partial charge >= 0.3 is 5.97 Å². The summed E-state index contributed by atoms with van der Waals surface area (Å²) in [6.45, 7) is 7.38. The summed E-state index contributed by atoms with van der Waals surface area (Å²) in [7, 11) is 0. The van der Waals surface area contributed by atoms with Crippen LogP contribution >= 0.6 is 0 Å². The molecule has 0 aliphatic rings. The lowest BCUT2D eigenvalue weighted by atomic mass is 10.0. The van der Waals surface area contributed by atoms with Crippen LogP contribution in [0.4, 0.5) is 0 Å². The first-order valence-electron chi connectivity index (χ1n) is 7.00. The largest absolute Gasteiger partial charge is 0.475 e. The molecular weight excluding hydrogens is 254 g/mol. The zero-order valence-corrected chi connectivity index (χ0v) is 12.1. The van der Waals surface area contributed by atoms with Gasteiger partial charge in [0.05, 0.1) is 0 Å². The standard InChI is InChI=1S/C16H21NO3/c1-4-10(2)11(3)17-9-12-5-6-14-13(7-12)8-15(20-14)16(18)19/h5-8,10-11,17H,4,9H2,1-3H3,(H,18,19). The van der Waals surface area contributed by atoms with Crippen LogP contribution in [0.25, 0.3) is 11.0 Å². The van der Waals surface area contributed by atoms with Crippen LogP contribution in [0.1, 0.15) is 43.3 Å². The number of hydrogen-bond donors (Lipinski definition) is 2. The summed E-state index contributed by atoms with van der Waals surface area (Å²) in [4.78, 5) is 10.9. The molecule has 0 spiro atoms. The molecule has 0 fully saturated rings. The molecule has 1 heterocycles. The second-order valence-electron chi connectivity index (χ2n) is 5.34. The Kier molecular flexibility index (Phi) is 4.45. The normalized spacial score (nSPS) is 14.3. The predicted molar refractivity (Wildman–Crippen MR) is 78.9 cm³/mol. The molecule has 108 valence electrons. The van der Waals surface area contributed by atoms with E-state index in [4.69, 9.17) is 9.52 Å². The van der Waals surface area contributed by atoms with Crippen molar-refractivity contribution in [1.82, 2.24) is 5.32 Å². The maximum Gasteiger partial charge on any atom is 0.371 e. The molecule has 2 atom stereocenters. The predicted octanol–water partition coefficient (Wildman–Crippen LogP) is 3.66. The van der Waals surface area contributed by atoms with E-state index in [9.17, 15) is 4.79 Å². The number of nitrogens with one attached hydrogen (secondary N) is 1. The Hall–Kier alpha value is -1.81. The molecule has 20 heavy (non-hydrogen) atoms. The molecule has 0 amide bonds. The highest BCUT2D eigenvalue weighted by Gasteiger charge is 2.12. The molecule has 0 saturated heterocycles. The Morgan fingerprint density at radius 1 is 1.35 bits per heavy atom. The highest BCUT2D eigenvalue weighted by molar-refractivity contribution is 5.91. The maximum absolute atomic E-state index is 10.9. The summed E-state index contributed by atoms with van der Waals surface area (Å²) in [6.07, 6.45) is 1.15. The first kappa shape index (κ1) is 14.6. The van der Waals surface area contributed by atoms with E-state index in [0.717, 1.165) is 23.9 Å². The number of carbonyl (C=O) groups is 1. The first-order chi connectivity index (χ1) is 9.51. The van der Waals surface area contributed by atoms with Gasteiger partial charge in [0.25, 0.3) is 0 Å². The van der Waals surface area contributed by atoms with Crippen molar-refractivity contribution in [1.29, 1.82) is 0 Å². The van der Waals surface area contributed by atoms with Crippen LogP contribution in [-0.2, 0) is 6.54 Å². The van der Waals surface area contributed by atoms with Gasteiger partial charge in [0, 0.05) is 18.0 Å². The van der Waals surface area contributed by atoms with Gasteiger partial charge in [-0.25, -0.2) is 4.79 Å². The second-order valence-corrected chi connectivity index (χ2v) is 5.34. The zero-order valence-electron chi connectivity index (χ0n) is 12.1. The molecule has 0 radical (unpaired) electrons. The van der Waals surface area contributed by atoms with Crippen molar-refractivity contribution < 1.29 is 14.3 Å². The van der Waals surface area contributed by atoms with Gasteiger partial charge in [0.15, 0.2) is 0 Å². The van der Waals surface area contributed by atoms with Gasteiger partial charge in [0.2, 0.25) is 5.76 Å². The summed E-state index contributed by atoms with van der Waals surface area (Å²) < 4.78 is 5.25. The number of carboxylic acids is 1. The SMILES string of the molecule is CCC(C)C(C)NCc1ccc2oc(C(=O)O)cc2c1. The van der Waals surface area contributed by atoms with Gasteiger partial charge in [-0.05, 0) is 36.6 Å². The Labute approximate surface area is 118 Å². The maximum atomic E-state index is 10.9. The summed E-state index contributed by atoms with van der Waals surface area (Å²) in [5, 5.41) is 13.2. The van der Waals surface area contributed by atoms with Crippen molar-refractivity contribution in [3.05, 3.63) is 35.6 Å². The number of benzene rings is 1. The molecule has 4 heteroatoms. The number of rotatable bonds is 6. The van der Waals surface area contributed by atoms with E-state index in [1.165, 1.54) is 0 Å². The molecular formula is C16H21NO3. The van der Waals surface area contributed by atoms with E-state index < -0.39 is 5.97 Å². The number of fused-ring (bicyclic) bond motifs is 1. The van der Waals surface area contributed by atoms with Gasteiger partial charge in [-0.1, -0.05) is 26.3 Å². The van der Waals surface area contributed by atoms with Crippen LogP contribution in [0, 0.1) is 5.92 Å². The Morgan fingerprint density at radius 3 is 2.75 bits per heavy atom. The average molecular weight is 275 g/mol. The zero-order chi connectivity index (χ0) is 14.7. The Balaban J connectivity index is 2.09. The fourth-order valence-electron chi connectivity index (χ4n) is 2.14. The Bertz CT molecular complexity index is 603. The molecule has 1 aromatic carbocycles. The van der Waals surface area contributed by atoms with Crippen LogP contribution in [0.5, 0.6) is 0 Å². The van der Waals surface area contributed by atoms with Crippen LogP contribution in [-0.4, -0.2) is 17.1 Å². The molecule has 2 N–H and O–H groups in total. The lowest BCUT2D eigenvalue weighted by Crippen LogP contribution is -2.31. The molecule has 0 aliphatic heterocycles. The van der Waals surface area contributed by atoms with E-state index in [0.29, 0.717) is 17.5 Å². The third-order valence-electron chi connectivity index (χ3n) is 3.92. The molecule has 0 saturated carbocycles. The van der Waals surface area contributed by atoms with Crippen LogP contribution < -0.4 is 5.32 Å². The summed E-state index contributed by atoms with van der Waals surface area (Å²) in [5.41, 5.74) is 1.74. The molecule has 1 aromatic heterocycles. The van der Waals surface area contributed by atoms with E-state index in [-0.39, 0.29) is 5.76 Å². The second kappa shape index (κ2) is 6.09. The van der Waals surface area contributed by atoms with Crippen molar-refractivity contribution in [3.63, 3.8) is 0 Å². The Morgan fingerprint density at radius 2 is 2.10 bits per heavy atom. The molecule has 4 nitrogen and oxygen atoms in total. The van der Waals surface area contributed by atoms with Gasteiger partial charge in [-0.15, -0.1) is 0 Å². The van der Waals surface area contributed by atoms with Crippen molar-refractivity contribution in [3.8, 4) is 0 Å².